The Labute approximate surface area is 152 Å². The van der Waals surface area contributed by atoms with E-state index in [-0.39, 0.29) is 29.5 Å². The second-order valence-electron chi connectivity index (χ2n) is 5.43. The number of nitrogens with one attached hydrogen (secondary N) is 1. The van der Waals surface area contributed by atoms with Crippen LogP contribution in [0, 0.1) is 0 Å². The van der Waals surface area contributed by atoms with E-state index in [0.29, 0.717) is 5.02 Å². The molecule has 7 heteroatoms. The lowest BCUT2D eigenvalue weighted by atomic mass is 10.1. The molecule has 0 saturated heterocycles. The van der Waals surface area contributed by atoms with Gasteiger partial charge in [-0.15, -0.1) is 0 Å². The number of benzene rings is 2. The molecule has 1 N–H and O–H groups in total. The number of halogens is 1. The van der Waals surface area contributed by atoms with Crippen molar-refractivity contribution >= 4 is 27.3 Å². The van der Waals surface area contributed by atoms with E-state index in [1.54, 1.807) is 24.3 Å². The zero-order chi connectivity index (χ0) is 18.3. The quantitative estimate of drug-likeness (QED) is 0.762. The van der Waals surface area contributed by atoms with Crippen molar-refractivity contribution in [1.29, 1.82) is 0 Å². The Kier molecular flexibility index (Phi) is 6.99. The van der Waals surface area contributed by atoms with E-state index < -0.39 is 15.9 Å². The molecular weight excluding hydrogens is 362 g/mol. The SMILES string of the molecule is COC(CNC(=O)CCS(=O)(=O)c1ccccc1)c1ccccc1Cl. The molecule has 0 fully saturated rings. The van der Waals surface area contributed by atoms with Gasteiger partial charge in [0.2, 0.25) is 5.91 Å². The smallest absolute Gasteiger partial charge is 0.221 e. The zero-order valence-corrected chi connectivity index (χ0v) is 15.4. The Morgan fingerprint density at radius 2 is 1.76 bits per heavy atom. The Hall–Kier alpha value is -1.89. The molecule has 2 aromatic carbocycles. The Balaban J connectivity index is 1.89. The molecule has 1 atom stereocenters. The minimum absolute atomic E-state index is 0.115. The molecule has 0 aromatic heterocycles. The molecule has 0 aliphatic rings. The van der Waals surface area contributed by atoms with Gasteiger partial charge in [0.25, 0.3) is 0 Å². The molecule has 1 unspecified atom stereocenters. The van der Waals surface area contributed by atoms with Gasteiger partial charge in [-0.25, -0.2) is 8.42 Å². The molecule has 0 aliphatic carbocycles. The number of rotatable bonds is 8. The number of amides is 1. The van der Waals surface area contributed by atoms with E-state index in [1.165, 1.54) is 19.2 Å². The maximum absolute atomic E-state index is 12.2. The molecule has 0 bridgehead atoms. The van der Waals surface area contributed by atoms with Crippen molar-refractivity contribution in [3.05, 3.63) is 65.2 Å². The van der Waals surface area contributed by atoms with Gasteiger partial charge < -0.3 is 10.1 Å². The van der Waals surface area contributed by atoms with Crippen LogP contribution in [0.4, 0.5) is 0 Å². The van der Waals surface area contributed by atoms with Crippen LogP contribution >= 0.6 is 11.6 Å². The summed E-state index contributed by atoms with van der Waals surface area (Å²) in [6.07, 6.45) is -0.515. The van der Waals surface area contributed by atoms with Crippen LogP contribution in [0.3, 0.4) is 0 Å². The van der Waals surface area contributed by atoms with Crippen LogP contribution in [0.25, 0.3) is 0 Å². The maximum atomic E-state index is 12.2. The largest absolute Gasteiger partial charge is 0.375 e. The molecule has 1 amide bonds. The van der Waals surface area contributed by atoms with Crippen LogP contribution in [-0.4, -0.2) is 33.7 Å². The second kappa shape index (κ2) is 8.99. The molecule has 0 saturated carbocycles. The van der Waals surface area contributed by atoms with Crippen molar-refractivity contribution in [3.63, 3.8) is 0 Å². The second-order valence-corrected chi connectivity index (χ2v) is 7.95. The number of hydrogen-bond donors (Lipinski definition) is 1. The summed E-state index contributed by atoms with van der Waals surface area (Å²) in [7, 11) is -1.94. The number of carbonyl (C=O) groups excluding carboxylic acids is 1. The Morgan fingerprint density at radius 3 is 2.40 bits per heavy atom. The normalized spacial score (nSPS) is 12.6. The lowest BCUT2D eigenvalue weighted by Gasteiger charge is -2.17. The highest BCUT2D eigenvalue weighted by Crippen LogP contribution is 2.24. The third kappa shape index (κ3) is 5.56. The highest BCUT2D eigenvalue weighted by molar-refractivity contribution is 7.91. The topological polar surface area (TPSA) is 72.5 Å². The summed E-state index contributed by atoms with van der Waals surface area (Å²) in [5.41, 5.74) is 0.767. The minimum atomic E-state index is -3.47. The number of ether oxygens (including phenoxy) is 1. The molecule has 134 valence electrons. The highest BCUT2D eigenvalue weighted by Gasteiger charge is 2.18. The van der Waals surface area contributed by atoms with Gasteiger partial charge in [-0.1, -0.05) is 48.0 Å². The maximum Gasteiger partial charge on any atom is 0.221 e. The van der Waals surface area contributed by atoms with Gasteiger partial charge in [-0.2, -0.15) is 0 Å². The standard InChI is InChI=1S/C18H20ClNO4S/c1-24-17(15-9-5-6-10-16(15)19)13-20-18(21)11-12-25(22,23)14-7-3-2-4-8-14/h2-10,17H,11-13H2,1H3,(H,20,21). The van der Waals surface area contributed by atoms with E-state index in [1.807, 2.05) is 18.2 Å². The van der Waals surface area contributed by atoms with Crippen LogP contribution in [0.5, 0.6) is 0 Å². The lowest BCUT2D eigenvalue weighted by Crippen LogP contribution is -2.30. The molecular formula is C18H20ClNO4S. The summed E-state index contributed by atoms with van der Waals surface area (Å²) >= 11 is 6.13. The summed E-state index contributed by atoms with van der Waals surface area (Å²) < 4.78 is 29.7. The van der Waals surface area contributed by atoms with Gasteiger partial charge in [0.15, 0.2) is 9.84 Å². The average molecular weight is 382 g/mol. The van der Waals surface area contributed by atoms with Gasteiger partial charge in [-0.05, 0) is 18.2 Å². The molecule has 25 heavy (non-hydrogen) atoms. The molecule has 5 nitrogen and oxygen atoms in total. The monoisotopic (exact) mass is 381 g/mol. The lowest BCUT2D eigenvalue weighted by molar-refractivity contribution is -0.121. The minimum Gasteiger partial charge on any atom is -0.375 e. The van der Waals surface area contributed by atoms with Crippen molar-refractivity contribution in [2.24, 2.45) is 0 Å². The summed E-state index contributed by atoms with van der Waals surface area (Å²) in [6.45, 7) is 0.213. The summed E-state index contributed by atoms with van der Waals surface area (Å²) in [5, 5.41) is 3.25. The fraction of sp³-hybridized carbons (Fsp3) is 0.278. The summed E-state index contributed by atoms with van der Waals surface area (Å²) in [4.78, 5) is 12.2. The third-order valence-electron chi connectivity index (χ3n) is 3.72. The van der Waals surface area contributed by atoms with E-state index in [0.717, 1.165) is 5.56 Å². The summed E-state index contributed by atoms with van der Waals surface area (Å²) in [5.74, 6) is -0.597. The average Bonchev–Trinajstić information content (AvgIpc) is 2.62. The first-order chi connectivity index (χ1) is 11.9. The van der Waals surface area contributed by atoms with Crippen LogP contribution in [0.1, 0.15) is 18.1 Å². The highest BCUT2D eigenvalue weighted by atomic mass is 35.5. The first-order valence-corrected chi connectivity index (χ1v) is 9.79. The molecule has 0 radical (unpaired) electrons. The summed E-state index contributed by atoms with van der Waals surface area (Å²) in [6, 6.07) is 15.3. The van der Waals surface area contributed by atoms with Crippen molar-refractivity contribution in [3.8, 4) is 0 Å². The Morgan fingerprint density at radius 1 is 1.12 bits per heavy atom. The molecule has 0 aliphatic heterocycles. The van der Waals surface area contributed by atoms with Gasteiger partial charge in [0, 0.05) is 30.7 Å². The van der Waals surface area contributed by atoms with Gasteiger partial charge in [-0.3, -0.25) is 4.79 Å². The van der Waals surface area contributed by atoms with Crippen LogP contribution in [0.15, 0.2) is 59.5 Å². The molecule has 0 heterocycles. The van der Waals surface area contributed by atoms with Crippen LogP contribution in [-0.2, 0) is 19.4 Å². The third-order valence-corrected chi connectivity index (χ3v) is 5.80. The van der Waals surface area contributed by atoms with Crippen molar-refractivity contribution < 1.29 is 17.9 Å². The van der Waals surface area contributed by atoms with E-state index in [4.69, 9.17) is 16.3 Å². The number of methoxy groups -OCH3 is 1. The van der Waals surface area contributed by atoms with Gasteiger partial charge in [0.1, 0.15) is 6.10 Å². The first-order valence-electron chi connectivity index (χ1n) is 7.76. The predicted octanol–water partition coefficient (Wildman–Crippen LogP) is 3.01. The molecule has 2 aromatic rings. The van der Waals surface area contributed by atoms with Crippen molar-refractivity contribution in [2.45, 2.75) is 17.4 Å². The van der Waals surface area contributed by atoms with Gasteiger partial charge in [0.05, 0.1) is 10.6 Å². The first kappa shape index (κ1) is 19.4. The zero-order valence-electron chi connectivity index (χ0n) is 13.8. The fourth-order valence-corrected chi connectivity index (χ4v) is 3.84. The van der Waals surface area contributed by atoms with Crippen molar-refractivity contribution in [2.75, 3.05) is 19.4 Å². The molecule has 0 spiro atoms. The number of sulfone groups is 1. The number of carbonyl (C=O) groups is 1. The van der Waals surface area contributed by atoms with Gasteiger partial charge >= 0.3 is 0 Å². The van der Waals surface area contributed by atoms with E-state index in [2.05, 4.69) is 5.32 Å². The Bertz CT molecular complexity index is 809. The van der Waals surface area contributed by atoms with E-state index in [9.17, 15) is 13.2 Å². The predicted molar refractivity (Wildman–Crippen MR) is 97.3 cm³/mol. The molecule has 2 rings (SSSR count). The van der Waals surface area contributed by atoms with Crippen LogP contribution in [0.2, 0.25) is 5.02 Å². The van der Waals surface area contributed by atoms with Crippen molar-refractivity contribution in [1.82, 2.24) is 5.32 Å². The fourth-order valence-electron chi connectivity index (χ4n) is 2.32. The number of hydrogen-bond acceptors (Lipinski definition) is 4. The van der Waals surface area contributed by atoms with E-state index >= 15 is 0 Å². The van der Waals surface area contributed by atoms with Crippen LogP contribution < -0.4 is 5.32 Å².